The molecule has 306 valence electrons. The first-order valence-electron chi connectivity index (χ1n) is 19.7. The molecule has 55 heavy (non-hydrogen) atoms. The lowest BCUT2D eigenvalue weighted by Crippen LogP contribution is -2.63. The van der Waals surface area contributed by atoms with Crippen LogP contribution >= 0.6 is 0 Å². The first-order chi connectivity index (χ1) is 25.7. The Morgan fingerprint density at radius 2 is 1.73 bits per heavy atom. The van der Waals surface area contributed by atoms with Crippen molar-refractivity contribution in [3.05, 3.63) is 37.1 Å². The highest BCUT2D eigenvalue weighted by molar-refractivity contribution is 7.89. The quantitative estimate of drug-likeness (QED) is 0.136. The van der Waals surface area contributed by atoms with E-state index in [2.05, 4.69) is 46.7 Å². The molecule has 4 rings (SSSR count). The molecule has 6 atom stereocenters. The lowest BCUT2D eigenvalue weighted by atomic mass is 9.70. The third kappa shape index (κ3) is 9.94. The molecule has 0 radical (unpaired) electrons. The third-order valence-corrected chi connectivity index (χ3v) is 13.9. The number of urea groups is 1. The molecule has 5 amide bonds. The van der Waals surface area contributed by atoms with Crippen LogP contribution in [0.5, 0.6) is 0 Å². The van der Waals surface area contributed by atoms with Crippen LogP contribution in [0.3, 0.4) is 0 Å². The second kappa shape index (κ2) is 17.5. The van der Waals surface area contributed by atoms with Gasteiger partial charge in [0.05, 0.1) is 6.04 Å². The fourth-order valence-electron chi connectivity index (χ4n) is 8.39. The number of likely N-dealkylation sites (tertiary alicyclic amines) is 1. The van der Waals surface area contributed by atoms with Gasteiger partial charge >= 0.3 is 6.03 Å². The molecule has 2 heterocycles. The van der Waals surface area contributed by atoms with Crippen molar-refractivity contribution < 1.29 is 32.4 Å². The molecule has 2 saturated carbocycles. The molecule has 4 N–H and O–H groups in total. The number of aromatic nitrogens is 1. The molecular formula is C40H63N7O7S. The van der Waals surface area contributed by atoms with Crippen LogP contribution in [0.25, 0.3) is 0 Å². The minimum Gasteiger partial charge on any atom is -0.346 e. The normalized spacial score (nSPS) is 23.1. The Morgan fingerprint density at radius 3 is 2.31 bits per heavy atom. The summed E-state index contributed by atoms with van der Waals surface area (Å²) in [6.45, 7) is 17.7. The molecule has 0 bridgehead atoms. The van der Waals surface area contributed by atoms with Crippen molar-refractivity contribution in [1.82, 2.24) is 35.5 Å². The summed E-state index contributed by atoms with van der Waals surface area (Å²) in [5.41, 5.74) is -1.42. The first-order valence-corrected chi connectivity index (χ1v) is 21.1. The number of unbranched alkanes of at least 4 members (excludes halogenated alkanes) is 1. The number of Topliss-reactive ketones (excluding diaryl/α,β-unsaturated/α-hetero) is 1. The Balaban J connectivity index is 1.59. The number of piperidine rings is 1. The molecule has 2 aliphatic carbocycles. The zero-order valence-electron chi connectivity index (χ0n) is 33.9. The van der Waals surface area contributed by atoms with E-state index < -0.39 is 68.6 Å². The molecule has 15 heteroatoms. The number of fused-ring (bicyclic) bond motifs is 1. The van der Waals surface area contributed by atoms with Gasteiger partial charge in [0.1, 0.15) is 12.1 Å². The summed E-state index contributed by atoms with van der Waals surface area (Å²) in [7, 11) is -2.51. The number of rotatable bonds is 17. The number of amides is 5. The molecule has 1 aliphatic heterocycles. The Hall–Kier alpha value is -3.85. The molecule has 1 saturated heterocycles. The number of pyridine rings is 1. The summed E-state index contributed by atoms with van der Waals surface area (Å²) >= 11 is 0. The van der Waals surface area contributed by atoms with E-state index in [1.165, 1.54) is 29.7 Å². The lowest BCUT2D eigenvalue weighted by Gasteiger charge is -2.43. The van der Waals surface area contributed by atoms with Gasteiger partial charge in [-0.05, 0) is 59.5 Å². The average molecular weight is 786 g/mol. The Morgan fingerprint density at radius 1 is 1.05 bits per heavy atom. The number of likely N-dealkylation sites (N-methyl/N-ethyl adjacent to an activating group) is 1. The van der Waals surface area contributed by atoms with Crippen molar-refractivity contribution in [2.24, 2.45) is 28.1 Å². The molecule has 1 unspecified atom stereocenters. The van der Waals surface area contributed by atoms with Crippen molar-refractivity contribution in [1.29, 1.82) is 0 Å². The summed E-state index contributed by atoms with van der Waals surface area (Å²) in [4.78, 5) is 74.7. The van der Waals surface area contributed by atoms with Gasteiger partial charge in [-0.15, -0.1) is 6.58 Å². The predicted molar refractivity (Wildman–Crippen MR) is 210 cm³/mol. The van der Waals surface area contributed by atoms with Gasteiger partial charge in [-0.25, -0.2) is 18.2 Å². The zero-order chi connectivity index (χ0) is 40.9. The number of nitrogens with one attached hydrogen (secondary N) is 4. The highest BCUT2D eigenvalue weighted by atomic mass is 32.2. The van der Waals surface area contributed by atoms with E-state index in [1.807, 2.05) is 34.6 Å². The number of sulfonamides is 1. The molecule has 1 aromatic rings. The van der Waals surface area contributed by atoms with Crippen molar-refractivity contribution in [3.8, 4) is 0 Å². The van der Waals surface area contributed by atoms with Gasteiger partial charge < -0.3 is 26.2 Å². The second-order valence-corrected chi connectivity index (χ2v) is 19.6. The maximum atomic E-state index is 14.9. The van der Waals surface area contributed by atoms with Gasteiger partial charge in [0.2, 0.25) is 17.6 Å². The van der Waals surface area contributed by atoms with Crippen LogP contribution in [-0.4, -0.2) is 103 Å². The van der Waals surface area contributed by atoms with E-state index in [9.17, 15) is 32.4 Å². The minimum atomic E-state index is -3.95. The highest BCUT2D eigenvalue weighted by Gasteiger charge is 2.70. The molecule has 3 fully saturated rings. The minimum absolute atomic E-state index is 0.0448. The standard InChI is InChI=1S/C40H63N7O7S/c1-10-12-18-27(32(48)35(50)42-22-11-2)43-34(49)31-30-26(39(30,6)7)24-47(31)36(51)33(40(8)20-15-13-16-21-40)45-37(52)44-28(38(3,4)5)25-46(9)55(53,54)29-19-14-17-23-41-29/h11,14,17,19,23,26-28,30-31,33H,2,10,12-13,15-16,18,20-22,24-25H2,1,3-9H3,(H,42,50)(H,43,49)(H2,44,45,52)/t26-,27?,28+,30-,31-,33+/m0/s1. The van der Waals surface area contributed by atoms with E-state index >= 15 is 0 Å². The second-order valence-electron chi connectivity index (χ2n) is 17.6. The van der Waals surface area contributed by atoms with Crippen LogP contribution < -0.4 is 21.3 Å². The summed E-state index contributed by atoms with van der Waals surface area (Å²) in [5, 5.41) is 11.3. The maximum Gasteiger partial charge on any atom is 0.315 e. The van der Waals surface area contributed by atoms with Gasteiger partial charge in [0.25, 0.3) is 15.9 Å². The molecule has 0 spiro atoms. The average Bonchev–Trinajstić information content (AvgIpc) is 3.43. The number of ketones is 1. The number of hydrogen-bond donors (Lipinski definition) is 4. The van der Waals surface area contributed by atoms with E-state index in [0.29, 0.717) is 25.8 Å². The van der Waals surface area contributed by atoms with Gasteiger partial charge in [0, 0.05) is 38.9 Å². The zero-order valence-corrected chi connectivity index (χ0v) is 34.8. The summed E-state index contributed by atoms with van der Waals surface area (Å²) < 4.78 is 27.9. The largest absolute Gasteiger partial charge is 0.346 e. The molecule has 14 nitrogen and oxygen atoms in total. The fourth-order valence-corrected chi connectivity index (χ4v) is 9.50. The molecule has 3 aliphatic rings. The van der Waals surface area contributed by atoms with Crippen molar-refractivity contribution in [2.75, 3.05) is 26.7 Å². The van der Waals surface area contributed by atoms with E-state index in [1.54, 1.807) is 17.0 Å². The number of hydrogen-bond acceptors (Lipinski definition) is 8. The van der Waals surface area contributed by atoms with Crippen LogP contribution in [0.4, 0.5) is 4.79 Å². The van der Waals surface area contributed by atoms with Crippen LogP contribution in [0.15, 0.2) is 42.1 Å². The van der Waals surface area contributed by atoms with Crippen LogP contribution in [0, 0.1) is 28.1 Å². The van der Waals surface area contributed by atoms with Gasteiger partial charge in [0.15, 0.2) is 5.03 Å². The molecular weight excluding hydrogens is 723 g/mol. The topological polar surface area (TPSA) is 187 Å². The van der Waals surface area contributed by atoms with E-state index in [0.717, 1.165) is 25.7 Å². The monoisotopic (exact) mass is 785 g/mol. The predicted octanol–water partition coefficient (Wildman–Crippen LogP) is 3.78. The molecule has 0 aromatic carbocycles. The van der Waals surface area contributed by atoms with Gasteiger partial charge in [-0.2, -0.15) is 4.31 Å². The first kappa shape index (κ1) is 43.9. The smallest absolute Gasteiger partial charge is 0.315 e. The fraction of sp³-hybridized carbons (Fsp3) is 0.700. The van der Waals surface area contributed by atoms with Crippen LogP contribution in [0.1, 0.15) is 99.8 Å². The van der Waals surface area contributed by atoms with Crippen molar-refractivity contribution in [2.45, 2.75) is 129 Å². The number of nitrogens with zero attached hydrogens (tertiary/aromatic N) is 3. The van der Waals surface area contributed by atoms with Gasteiger partial charge in [-0.1, -0.05) is 92.7 Å². The van der Waals surface area contributed by atoms with Crippen LogP contribution in [-0.2, 0) is 29.2 Å². The van der Waals surface area contributed by atoms with Gasteiger partial charge in [-0.3, -0.25) is 19.2 Å². The van der Waals surface area contributed by atoms with Crippen molar-refractivity contribution in [3.63, 3.8) is 0 Å². The SMILES string of the molecule is C=CCNC(=O)C(=O)C(CCCC)NC(=O)[C@@H]1[C@@H]2[C@H](CN1C(=O)[C@@H](NC(=O)N[C@H](CN(C)S(=O)(=O)c1ccccn1)C(C)(C)C)C1(C)CCCCC1)C2(C)C. The third-order valence-electron chi connectivity index (χ3n) is 12.2. The van der Waals surface area contributed by atoms with Crippen LogP contribution in [0.2, 0.25) is 0 Å². The molecule has 1 aromatic heterocycles. The maximum absolute atomic E-state index is 14.9. The number of carbonyl (C=O) groups is 5. The summed E-state index contributed by atoms with van der Waals surface area (Å²) in [5.74, 6) is -2.53. The van der Waals surface area contributed by atoms with E-state index in [4.69, 9.17) is 0 Å². The lowest BCUT2D eigenvalue weighted by molar-refractivity contribution is -0.146. The number of carbonyl (C=O) groups excluding carboxylic acids is 5. The highest BCUT2D eigenvalue weighted by Crippen LogP contribution is 2.65. The summed E-state index contributed by atoms with van der Waals surface area (Å²) in [6.07, 6.45) is 8.64. The van der Waals surface area contributed by atoms with Crippen molar-refractivity contribution >= 4 is 39.6 Å². The van der Waals surface area contributed by atoms with E-state index in [-0.39, 0.29) is 47.7 Å². The summed E-state index contributed by atoms with van der Waals surface area (Å²) in [6, 6.07) is 0.430. The Bertz CT molecular complexity index is 1690. The Kier molecular flexibility index (Phi) is 14.0. The Labute approximate surface area is 327 Å².